The molecule has 2 aromatic carbocycles. The lowest BCUT2D eigenvalue weighted by Gasteiger charge is -2.15. The third kappa shape index (κ3) is 6.32. The Labute approximate surface area is 143 Å². The molecule has 0 spiro atoms. The van der Waals surface area contributed by atoms with Gasteiger partial charge in [-0.15, -0.1) is 0 Å². The summed E-state index contributed by atoms with van der Waals surface area (Å²) < 4.78 is 48.5. The van der Waals surface area contributed by atoms with Crippen LogP contribution in [0.15, 0.2) is 60.7 Å². The van der Waals surface area contributed by atoms with E-state index in [4.69, 9.17) is 4.74 Å². The maximum atomic E-state index is 12.9. The Morgan fingerprint density at radius 3 is 2.20 bits per heavy atom. The Kier molecular flexibility index (Phi) is 6.61. The number of carbonyl (C=O) groups excluding carboxylic acids is 1. The molecule has 0 amide bonds. The van der Waals surface area contributed by atoms with Crippen molar-refractivity contribution < 1.29 is 27.4 Å². The molecular weight excluding hydrogens is 333 g/mol. The summed E-state index contributed by atoms with van der Waals surface area (Å²) in [5.74, 6) is 3.07. The van der Waals surface area contributed by atoms with Gasteiger partial charge in [-0.1, -0.05) is 54.5 Å². The Morgan fingerprint density at radius 1 is 1.00 bits per heavy atom. The summed E-state index contributed by atoms with van der Waals surface area (Å²) in [4.78, 5) is 11.8. The Balaban J connectivity index is 1.91. The van der Waals surface area contributed by atoms with Crippen molar-refractivity contribution in [2.75, 3.05) is 6.61 Å². The minimum atomic E-state index is -4.78. The summed E-state index contributed by atoms with van der Waals surface area (Å²) in [5.41, 5.74) is 0.908. The van der Waals surface area contributed by atoms with Crippen LogP contribution >= 0.6 is 0 Å². The van der Waals surface area contributed by atoms with Gasteiger partial charge in [0.25, 0.3) is 6.10 Å². The summed E-state index contributed by atoms with van der Waals surface area (Å²) in [7, 11) is 0. The van der Waals surface area contributed by atoms with Gasteiger partial charge < -0.3 is 9.47 Å². The molecule has 0 saturated heterocycles. The van der Waals surface area contributed by atoms with Crippen molar-refractivity contribution in [2.24, 2.45) is 0 Å². The van der Waals surface area contributed by atoms with E-state index in [1.54, 1.807) is 6.07 Å². The molecule has 2 aromatic rings. The molecule has 0 aromatic heterocycles. The standard InChI is InChI=1S/C19H15F3O3/c20-19(21,22)17(25-18(23)16-10-5-2-6-11-16)12-7-13-24-14-15-8-3-1-4-9-15/h1-6,8-11,17H,13-14H2. The minimum absolute atomic E-state index is 0.0267. The van der Waals surface area contributed by atoms with Gasteiger partial charge in [0.1, 0.15) is 6.61 Å². The van der Waals surface area contributed by atoms with Crippen LogP contribution in [0.4, 0.5) is 13.2 Å². The highest BCUT2D eigenvalue weighted by atomic mass is 19.4. The molecule has 0 radical (unpaired) electrons. The van der Waals surface area contributed by atoms with Crippen LogP contribution in [-0.2, 0) is 16.1 Å². The molecule has 0 fully saturated rings. The summed E-state index contributed by atoms with van der Waals surface area (Å²) in [6.45, 7) is 0.0281. The van der Waals surface area contributed by atoms with Crippen molar-refractivity contribution in [2.45, 2.75) is 18.9 Å². The third-order valence-electron chi connectivity index (χ3n) is 3.05. The van der Waals surface area contributed by atoms with Gasteiger partial charge in [0, 0.05) is 0 Å². The zero-order chi connectivity index (χ0) is 18.1. The lowest BCUT2D eigenvalue weighted by Crippen LogP contribution is -2.32. The number of hydrogen-bond donors (Lipinski definition) is 0. The SMILES string of the molecule is O=C(OC(C#CCOCc1ccccc1)C(F)(F)F)c1ccccc1. The van der Waals surface area contributed by atoms with Gasteiger partial charge in [-0.05, 0) is 23.6 Å². The molecule has 130 valence electrons. The molecule has 0 aliphatic heterocycles. The van der Waals surface area contributed by atoms with Gasteiger partial charge in [0.2, 0.25) is 0 Å². The van der Waals surface area contributed by atoms with Crippen molar-refractivity contribution in [3.05, 3.63) is 71.8 Å². The molecule has 0 heterocycles. The van der Waals surface area contributed by atoms with Crippen LogP contribution in [0.25, 0.3) is 0 Å². The van der Waals surface area contributed by atoms with Crippen LogP contribution < -0.4 is 0 Å². The molecule has 2 rings (SSSR count). The van der Waals surface area contributed by atoms with E-state index in [2.05, 4.69) is 10.7 Å². The summed E-state index contributed by atoms with van der Waals surface area (Å²) in [6.07, 6.45) is -7.28. The van der Waals surface area contributed by atoms with Crippen molar-refractivity contribution in [1.29, 1.82) is 0 Å². The first-order chi connectivity index (χ1) is 12.0. The maximum absolute atomic E-state index is 12.9. The number of rotatable bonds is 5. The van der Waals surface area contributed by atoms with E-state index < -0.39 is 18.2 Å². The summed E-state index contributed by atoms with van der Waals surface area (Å²) in [5, 5.41) is 0. The van der Waals surface area contributed by atoms with E-state index in [-0.39, 0.29) is 18.8 Å². The highest BCUT2D eigenvalue weighted by molar-refractivity contribution is 5.89. The number of halogens is 3. The Morgan fingerprint density at radius 2 is 1.60 bits per heavy atom. The van der Waals surface area contributed by atoms with Crippen molar-refractivity contribution in [3.63, 3.8) is 0 Å². The Hall–Kier alpha value is -2.78. The zero-order valence-electron chi connectivity index (χ0n) is 13.1. The van der Waals surface area contributed by atoms with E-state index in [1.807, 2.05) is 36.3 Å². The molecule has 0 aliphatic carbocycles. The minimum Gasteiger partial charge on any atom is -0.436 e. The Bertz CT molecular complexity index is 731. The van der Waals surface area contributed by atoms with Gasteiger partial charge >= 0.3 is 12.1 Å². The molecular formula is C19H15F3O3. The lowest BCUT2D eigenvalue weighted by atomic mass is 10.2. The molecule has 0 bridgehead atoms. The zero-order valence-corrected chi connectivity index (χ0v) is 13.1. The predicted octanol–water partition coefficient (Wildman–Crippen LogP) is 3.99. The first-order valence-corrected chi connectivity index (χ1v) is 7.39. The van der Waals surface area contributed by atoms with E-state index in [9.17, 15) is 18.0 Å². The quantitative estimate of drug-likeness (QED) is 0.466. The van der Waals surface area contributed by atoms with E-state index in [0.29, 0.717) is 0 Å². The smallest absolute Gasteiger partial charge is 0.436 e. The maximum Gasteiger partial charge on any atom is 0.437 e. The lowest BCUT2D eigenvalue weighted by molar-refractivity contribution is -0.185. The first-order valence-electron chi connectivity index (χ1n) is 7.39. The van der Waals surface area contributed by atoms with Crippen LogP contribution in [0, 0.1) is 11.8 Å². The second-order valence-corrected chi connectivity index (χ2v) is 4.99. The molecule has 0 aliphatic rings. The van der Waals surface area contributed by atoms with Gasteiger partial charge in [-0.2, -0.15) is 13.2 Å². The average Bonchev–Trinajstić information content (AvgIpc) is 2.61. The fourth-order valence-electron chi connectivity index (χ4n) is 1.86. The highest BCUT2D eigenvalue weighted by Gasteiger charge is 2.42. The molecule has 0 N–H and O–H groups in total. The molecule has 0 saturated carbocycles. The monoisotopic (exact) mass is 348 g/mol. The molecule has 3 nitrogen and oxygen atoms in total. The number of esters is 1. The van der Waals surface area contributed by atoms with Crippen molar-refractivity contribution in [3.8, 4) is 11.8 Å². The largest absolute Gasteiger partial charge is 0.437 e. The summed E-state index contributed by atoms with van der Waals surface area (Å²) in [6, 6.07) is 16.6. The van der Waals surface area contributed by atoms with Gasteiger partial charge in [0.05, 0.1) is 12.2 Å². The topological polar surface area (TPSA) is 35.5 Å². The van der Waals surface area contributed by atoms with Crippen LogP contribution in [0.1, 0.15) is 15.9 Å². The predicted molar refractivity (Wildman–Crippen MR) is 85.6 cm³/mol. The fourth-order valence-corrected chi connectivity index (χ4v) is 1.86. The van der Waals surface area contributed by atoms with E-state index in [0.717, 1.165) is 5.56 Å². The fraction of sp³-hybridized carbons (Fsp3) is 0.211. The number of alkyl halides is 3. The summed E-state index contributed by atoms with van der Waals surface area (Å²) >= 11 is 0. The molecule has 6 heteroatoms. The molecule has 1 unspecified atom stereocenters. The van der Waals surface area contributed by atoms with Crippen LogP contribution in [0.2, 0.25) is 0 Å². The first kappa shape index (κ1) is 18.6. The highest BCUT2D eigenvalue weighted by Crippen LogP contribution is 2.23. The average molecular weight is 348 g/mol. The van der Waals surface area contributed by atoms with Crippen LogP contribution in [0.3, 0.4) is 0 Å². The van der Waals surface area contributed by atoms with Crippen LogP contribution in [0.5, 0.6) is 0 Å². The normalized spacial score (nSPS) is 12.0. The van der Waals surface area contributed by atoms with Crippen LogP contribution in [-0.4, -0.2) is 24.9 Å². The molecule has 1 atom stereocenters. The number of carbonyl (C=O) groups is 1. The van der Waals surface area contributed by atoms with Gasteiger partial charge in [0.15, 0.2) is 0 Å². The third-order valence-corrected chi connectivity index (χ3v) is 3.05. The second-order valence-electron chi connectivity index (χ2n) is 4.99. The number of ether oxygens (including phenoxy) is 2. The van der Waals surface area contributed by atoms with Gasteiger partial charge in [-0.25, -0.2) is 4.79 Å². The molecule has 25 heavy (non-hydrogen) atoms. The number of benzene rings is 2. The van der Waals surface area contributed by atoms with Gasteiger partial charge in [-0.3, -0.25) is 0 Å². The van der Waals surface area contributed by atoms with Crippen molar-refractivity contribution in [1.82, 2.24) is 0 Å². The van der Waals surface area contributed by atoms with E-state index >= 15 is 0 Å². The van der Waals surface area contributed by atoms with E-state index in [1.165, 1.54) is 24.3 Å². The van der Waals surface area contributed by atoms with Crippen molar-refractivity contribution >= 4 is 5.97 Å². The number of hydrogen-bond acceptors (Lipinski definition) is 3. The second kappa shape index (κ2) is 8.90.